The highest BCUT2D eigenvalue weighted by Gasteiger charge is 2.52. The summed E-state index contributed by atoms with van der Waals surface area (Å²) in [5.41, 5.74) is 0.171. The number of para-hydroxylation sites is 1. The maximum Gasteiger partial charge on any atom is 0.258 e. The van der Waals surface area contributed by atoms with E-state index in [0.717, 1.165) is 0 Å². The number of nitrogens with one attached hydrogen (secondary N) is 1. The molecule has 1 aliphatic carbocycles. The third kappa shape index (κ3) is 5.05. The van der Waals surface area contributed by atoms with Gasteiger partial charge in [-0.2, -0.15) is 0 Å². The minimum absolute atomic E-state index is 0.0902. The van der Waals surface area contributed by atoms with Crippen molar-refractivity contribution in [1.29, 1.82) is 0 Å². The Morgan fingerprint density at radius 3 is 2.24 bits per heavy atom. The molecule has 0 saturated heterocycles. The van der Waals surface area contributed by atoms with Gasteiger partial charge in [-0.25, -0.2) is 27.2 Å². The van der Waals surface area contributed by atoms with E-state index in [0.29, 0.717) is 0 Å². The van der Waals surface area contributed by atoms with Crippen LogP contribution in [0.2, 0.25) is 5.02 Å². The maximum atomic E-state index is 14.5. The molecule has 0 aliphatic heterocycles. The van der Waals surface area contributed by atoms with Crippen LogP contribution in [0.3, 0.4) is 0 Å². The van der Waals surface area contributed by atoms with Gasteiger partial charge in [-0.15, -0.1) is 10.2 Å². The largest absolute Gasteiger partial charge is 0.494 e. The summed E-state index contributed by atoms with van der Waals surface area (Å²) in [5.74, 6) is -4.20. The zero-order valence-corrected chi connectivity index (χ0v) is 21.9. The molecule has 3 atom stereocenters. The smallest absolute Gasteiger partial charge is 0.258 e. The molecule has 11 nitrogen and oxygen atoms in total. The first-order valence-corrected chi connectivity index (χ1v) is 13.0. The van der Waals surface area contributed by atoms with Crippen LogP contribution < -0.4 is 14.2 Å². The molecule has 2 aromatic heterocycles. The number of hydrogen-bond acceptors (Lipinski definition) is 9. The van der Waals surface area contributed by atoms with Crippen molar-refractivity contribution in [1.82, 2.24) is 24.7 Å². The van der Waals surface area contributed by atoms with Gasteiger partial charge >= 0.3 is 0 Å². The summed E-state index contributed by atoms with van der Waals surface area (Å²) in [6.45, 7) is 1.39. The van der Waals surface area contributed by atoms with E-state index in [1.165, 1.54) is 45.2 Å². The lowest BCUT2D eigenvalue weighted by Gasteiger charge is -2.35. The van der Waals surface area contributed by atoms with Crippen LogP contribution in [0.25, 0.3) is 5.69 Å². The van der Waals surface area contributed by atoms with Gasteiger partial charge in [0.2, 0.25) is 16.0 Å². The molecular formula is C22H25ClF2N6O5S. The van der Waals surface area contributed by atoms with Gasteiger partial charge < -0.3 is 14.2 Å². The Bertz CT molecular complexity index is 1350. The van der Waals surface area contributed by atoms with Crippen molar-refractivity contribution in [2.24, 2.45) is 0 Å². The molecule has 200 valence electrons. The van der Waals surface area contributed by atoms with Crippen molar-refractivity contribution < 1.29 is 31.4 Å². The molecule has 0 bridgehead atoms. The number of anilines is 1. The summed E-state index contributed by atoms with van der Waals surface area (Å²) in [6.07, 6.45) is 1.38. The molecule has 4 rings (SSSR count). The third-order valence-electron chi connectivity index (χ3n) is 6.20. The van der Waals surface area contributed by atoms with E-state index in [1.807, 2.05) is 0 Å². The van der Waals surface area contributed by atoms with Gasteiger partial charge in [0.25, 0.3) is 5.92 Å². The summed E-state index contributed by atoms with van der Waals surface area (Å²) >= 11 is 5.84. The van der Waals surface area contributed by atoms with Gasteiger partial charge in [0.15, 0.2) is 5.82 Å². The molecule has 1 saturated carbocycles. The Morgan fingerprint density at radius 1 is 1.14 bits per heavy atom. The Morgan fingerprint density at radius 2 is 1.76 bits per heavy atom. The Balaban J connectivity index is 1.80. The first kappa shape index (κ1) is 26.9. The van der Waals surface area contributed by atoms with Crippen LogP contribution in [0.15, 0.2) is 30.6 Å². The number of benzene rings is 1. The predicted octanol–water partition coefficient (Wildman–Crippen LogP) is 3.76. The maximum absolute atomic E-state index is 14.5. The molecule has 2 unspecified atom stereocenters. The second-order valence-electron chi connectivity index (χ2n) is 8.35. The SMILES string of the molecule is COc1cccc(OC)c1-n1c(NS(=O)(=O)C(C)C(OC)c2ncc(Cl)cn2)nnc1[C@H]1CCC1(F)F. The van der Waals surface area contributed by atoms with Crippen LogP contribution in [0.1, 0.15) is 43.4 Å². The van der Waals surface area contributed by atoms with Crippen LogP contribution in [0.5, 0.6) is 11.5 Å². The summed E-state index contributed by atoms with van der Waals surface area (Å²) in [6, 6.07) is 4.81. The average Bonchev–Trinajstić information content (AvgIpc) is 3.25. The number of aromatic nitrogens is 5. The van der Waals surface area contributed by atoms with Crippen molar-refractivity contribution >= 4 is 27.6 Å². The topological polar surface area (TPSA) is 130 Å². The number of rotatable bonds is 10. The number of alkyl halides is 2. The summed E-state index contributed by atoms with van der Waals surface area (Å²) in [5, 5.41) is 6.93. The van der Waals surface area contributed by atoms with Gasteiger partial charge in [-0.1, -0.05) is 17.7 Å². The first-order chi connectivity index (χ1) is 17.5. The molecule has 0 spiro atoms. The normalized spacial score (nSPS) is 18.5. The van der Waals surface area contributed by atoms with E-state index >= 15 is 0 Å². The number of methoxy groups -OCH3 is 3. The van der Waals surface area contributed by atoms with Crippen molar-refractivity contribution in [2.75, 3.05) is 26.1 Å². The minimum atomic E-state index is -4.26. The lowest BCUT2D eigenvalue weighted by molar-refractivity contribution is -0.0994. The van der Waals surface area contributed by atoms with Crippen LogP contribution in [-0.4, -0.2) is 65.7 Å². The van der Waals surface area contributed by atoms with E-state index < -0.39 is 33.2 Å². The number of sulfonamides is 1. The van der Waals surface area contributed by atoms with Crippen LogP contribution in [0, 0.1) is 0 Å². The highest BCUT2D eigenvalue weighted by Crippen LogP contribution is 2.51. The van der Waals surface area contributed by atoms with E-state index in [4.69, 9.17) is 25.8 Å². The Kier molecular flexibility index (Phi) is 7.53. The molecule has 0 amide bonds. The highest BCUT2D eigenvalue weighted by atomic mass is 35.5. The lowest BCUT2D eigenvalue weighted by atomic mass is 9.80. The molecule has 15 heteroatoms. The molecule has 1 N–H and O–H groups in total. The summed E-state index contributed by atoms with van der Waals surface area (Å²) in [4.78, 5) is 8.11. The molecule has 1 aliphatic rings. The fraction of sp³-hybridized carbons (Fsp3) is 0.455. The van der Waals surface area contributed by atoms with Crippen LogP contribution in [-0.2, 0) is 14.8 Å². The predicted molar refractivity (Wildman–Crippen MR) is 130 cm³/mol. The first-order valence-electron chi connectivity index (χ1n) is 11.1. The zero-order valence-electron chi connectivity index (χ0n) is 20.4. The van der Waals surface area contributed by atoms with Crippen LogP contribution in [0.4, 0.5) is 14.7 Å². The molecular weight excluding hydrogens is 534 g/mol. The number of halogens is 3. The van der Waals surface area contributed by atoms with E-state index in [2.05, 4.69) is 24.9 Å². The second kappa shape index (κ2) is 10.3. The molecule has 1 fully saturated rings. The Hall–Kier alpha value is -3.10. The average molecular weight is 559 g/mol. The van der Waals surface area contributed by atoms with Crippen molar-refractivity contribution in [3.63, 3.8) is 0 Å². The van der Waals surface area contributed by atoms with Crippen molar-refractivity contribution in [2.45, 2.75) is 43.0 Å². The van der Waals surface area contributed by atoms with Gasteiger partial charge in [0.1, 0.15) is 34.4 Å². The highest BCUT2D eigenvalue weighted by molar-refractivity contribution is 7.93. The van der Waals surface area contributed by atoms with E-state index in [-0.39, 0.29) is 52.6 Å². The monoisotopic (exact) mass is 558 g/mol. The number of hydrogen-bond donors (Lipinski definition) is 1. The van der Waals surface area contributed by atoms with Gasteiger partial charge in [-0.05, 0) is 25.5 Å². The van der Waals surface area contributed by atoms with Crippen LogP contribution >= 0.6 is 11.6 Å². The molecule has 2 heterocycles. The Labute approximate surface area is 217 Å². The summed E-state index contributed by atoms with van der Waals surface area (Å²) in [7, 11) is -0.169. The number of ether oxygens (including phenoxy) is 3. The fourth-order valence-corrected chi connectivity index (χ4v) is 5.27. The van der Waals surface area contributed by atoms with E-state index in [1.54, 1.807) is 18.2 Å². The molecule has 1 aromatic carbocycles. The minimum Gasteiger partial charge on any atom is -0.494 e. The second-order valence-corrected chi connectivity index (χ2v) is 10.8. The van der Waals surface area contributed by atoms with Gasteiger partial charge in [0.05, 0.1) is 25.2 Å². The standard InChI is InChI=1S/C22H25ClF2N6O5S/c1-12(18(36-4)19-26-10-13(23)11-27-19)37(32,33)30-21-29-28-20(14-8-9-22(14,24)25)31(21)17-15(34-2)6-5-7-16(17)35-3/h5-7,10-12,14,18H,8-9H2,1-4H3,(H,29,30)/t12?,14-,18?/m1/s1. The zero-order chi connectivity index (χ0) is 27.0. The summed E-state index contributed by atoms with van der Waals surface area (Å²) < 4.78 is 75.7. The van der Waals surface area contributed by atoms with Gasteiger partial charge in [0, 0.05) is 25.9 Å². The van der Waals surface area contributed by atoms with E-state index in [9.17, 15) is 17.2 Å². The molecule has 3 aromatic rings. The van der Waals surface area contributed by atoms with Crippen molar-refractivity contribution in [3.8, 4) is 17.2 Å². The third-order valence-corrected chi connectivity index (χ3v) is 8.09. The number of nitrogens with zero attached hydrogens (tertiary/aromatic N) is 5. The lowest BCUT2D eigenvalue weighted by Crippen LogP contribution is -2.38. The quantitative estimate of drug-likeness (QED) is 0.395. The molecule has 0 radical (unpaired) electrons. The van der Waals surface area contributed by atoms with Gasteiger partial charge in [-0.3, -0.25) is 9.29 Å². The van der Waals surface area contributed by atoms with Crippen molar-refractivity contribution in [3.05, 3.63) is 47.3 Å². The molecule has 37 heavy (non-hydrogen) atoms. The fourth-order valence-electron chi connectivity index (χ4n) is 4.04.